The van der Waals surface area contributed by atoms with Crippen molar-refractivity contribution in [1.82, 2.24) is 4.57 Å². The summed E-state index contributed by atoms with van der Waals surface area (Å²) in [5.74, 6) is 0. The van der Waals surface area contributed by atoms with E-state index in [4.69, 9.17) is 0 Å². The van der Waals surface area contributed by atoms with Crippen LogP contribution in [-0.4, -0.2) is 17.4 Å². The van der Waals surface area contributed by atoms with E-state index >= 15 is 0 Å². The Hall–Kier alpha value is -2.10. The predicted molar refractivity (Wildman–Crippen MR) is 73.4 cm³/mol. The maximum atomic E-state index is 12.0. The molecule has 0 fully saturated rings. The molecule has 2 aromatic rings. The van der Waals surface area contributed by atoms with Gasteiger partial charge in [-0.1, -0.05) is 6.07 Å². The molecule has 0 bridgehead atoms. The Morgan fingerprint density at radius 3 is 2.67 bits per heavy atom. The second-order valence-corrected chi connectivity index (χ2v) is 4.07. The molecule has 2 rings (SSSR count). The summed E-state index contributed by atoms with van der Waals surface area (Å²) in [6.07, 6.45) is 0.617. The van der Waals surface area contributed by atoms with Crippen LogP contribution in [0.1, 0.15) is 24.2 Å². The van der Waals surface area contributed by atoms with Crippen molar-refractivity contribution in [3.63, 3.8) is 0 Å². The Bertz CT molecular complexity index is 644. The number of pyridine rings is 1. The summed E-state index contributed by atoms with van der Waals surface area (Å²) < 4.78 is 1.62. The number of carbonyl (C=O) groups is 1. The molecule has 0 aliphatic rings. The highest BCUT2D eigenvalue weighted by molar-refractivity contribution is 5.88. The van der Waals surface area contributed by atoms with Crippen molar-refractivity contribution in [3.8, 4) is 0 Å². The molecule has 0 aliphatic heterocycles. The van der Waals surface area contributed by atoms with Crippen LogP contribution in [0.3, 0.4) is 0 Å². The van der Waals surface area contributed by atoms with Crippen LogP contribution in [0.15, 0.2) is 29.1 Å². The Morgan fingerprint density at radius 1 is 1.28 bits per heavy atom. The molecule has 1 N–H and O–H groups in total. The highest BCUT2D eigenvalue weighted by atomic mass is 16.1. The van der Waals surface area contributed by atoms with Gasteiger partial charge in [-0.25, -0.2) is 0 Å². The monoisotopic (exact) mass is 244 g/mol. The first-order chi connectivity index (χ1) is 8.71. The second-order valence-electron chi connectivity index (χ2n) is 4.07. The smallest absolute Gasteiger partial charge is 0.261 e. The molecule has 0 saturated heterocycles. The SMILES string of the molecule is CCNc1ccc2cc(C=O)c(=O)n(CC)c2c1. The van der Waals surface area contributed by atoms with Crippen LogP contribution in [0, 0.1) is 0 Å². The van der Waals surface area contributed by atoms with Crippen LogP contribution in [0.25, 0.3) is 10.9 Å². The summed E-state index contributed by atoms with van der Waals surface area (Å²) in [5.41, 5.74) is 1.81. The molecular weight excluding hydrogens is 228 g/mol. The first-order valence-electron chi connectivity index (χ1n) is 6.08. The molecule has 4 nitrogen and oxygen atoms in total. The molecule has 1 aromatic carbocycles. The molecule has 18 heavy (non-hydrogen) atoms. The van der Waals surface area contributed by atoms with Gasteiger partial charge in [-0.15, -0.1) is 0 Å². The molecular formula is C14H16N2O2. The van der Waals surface area contributed by atoms with Crippen LogP contribution < -0.4 is 10.9 Å². The van der Waals surface area contributed by atoms with Crippen LogP contribution in [0.5, 0.6) is 0 Å². The number of nitrogens with one attached hydrogen (secondary N) is 1. The standard InChI is InChI=1S/C14H16N2O2/c1-3-15-12-6-5-10-7-11(9-17)14(18)16(4-2)13(10)8-12/h5-9,15H,3-4H2,1-2H3. The highest BCUT2D eigenvalue weighted by Crippen LogP contribution is 2.18. The summed E-state index contributed by atoms with van der Waals surface area (Å²) in [7, 11) is 0. The van der Waals surface area contributed by atoms with Crippen molar-refractivity contribution < 1.29 is 4.79 Å². The van der Waals surface area contributed by atoms with Gasteiger partial charge >= 0.3 is 0 Å². The van der Waals surface area contributed by atoms with E-state index in [1.54, 1.807) is 10.6 Å². The summed E-state index contributed by atoms with van der Waals surface area (Å²) in [6.45, 7) is 5.29. The summed E-state index contributed by atoms with van der Waals surface area (Å²) >= 11 is 0. The molecule has 0 saturated carbocycles. The number of rotatable bonds is 4. The lowest BCUT2D eigenvalue weighted by molar-refractivity contribution is 0.112. The number of hydrogen-bond acceptors (Lipinski definition) is 3. The minimum atomic E-state index is -0.228. The van der Waals surface area contributed by atoms with Gasteiger partial charge in [-0.2, -0.15) is 0 Å². The molecule has 94 valence electrons. The van der Waals surface area contributed by atoms with E-state index < -0.39 is 0 Å². The van der Waals surface area contributed by atoms with Crippen molar-refractivity contribution >= 4 is 22.9 Å². The van der Waals surface area contributed by atoms with Gasteiger partial charge in [-0.05, 0) is 37.4 Å². The Balaban J connectivity index is 2.77. The fourth-order valence-electron chi connectivity index (χ4n) is 2.11. The fraction of sp³-hybridized carbons (Fsp3) is 0.286. The summed E-state index contributed by atoms with van der Waals surface area (Å²) in [4.78, 5) is 22.9. The third-order valence-electron chi connectivity index (χ3n) is 2.95. The van der Waals surface area contributed by atoms with E-state index in [0.717, 1.165) is 23.1 Å². The Kier molecular flexibility index (Phi) is 3.46. The van der Waals surface area contributed by atoms with Crippen molar-refractivity contribution in [2.45, 2.75) is 20.4 Å². The molecule has 0 unspecified atom stereocenters. The molecule has 0 aliphatic carbocycles. The van der Waals surface area contributed by atoms with E-state index in [2.05, 4.69) is 5.32 Å². The van der Waals surface area contributed by atoms with Gasteiger partial charge in [0.25, 0.3) is 5.56 Å². The van der Waals surface area contributed by atoms with E-state index in [-0.39, 0.29) is 11.1 Å². The third-order valence-corrected chi connectivity index (χ3v) is 2.95. The number of aromatic nitrogens is 1. The predicted octanol–water partition coefficient (Wildman–Crippen LogP) is 2.27. The topological polar surface area (TPSA) is 51.1 Å². The number of aldehydes is 1. The van der Waals surface area contributed by atoms with Crippen molar-refractivity contribution in [3.05, 3.63) is 40.2 Å². The van der Waals surface area contributed by atoms with Gasteiger partial charge in [0.05, 0.1) is 11.1 Å². The molecule has 1 aromatic heterocycles. The van der Waals surface area contributed by atoms with Crippen LogP contribution >= 0.6 is 0 Å². The average molecular weight is 244 g/mol. The lowest BCUT2D eigenvalue weighted by Crippen LogP contribution is -2.23. The number of fused-ring (bicyclic) bond motifs is 1. The van der Waals surface area contributed by atoms with Gasteiger partial charge in [0.2, 0.25) is 0 Å². The van der Waals surface area contributed by atoms with Crippen molar-refractivity contribution in [2.24, 2.45) is 0 Å². The van der Waals surface area contributed by atoms with Crippen LogP contribution in [-0.2, 0) is 6.54 Å². The summed E-state index contributed by atoms with van der Waals surface area (Å²) in [5, 5.41) is 4.12. The van der Waals surface area contributed by atoms with Crippen molar-refractivity contribution in [2.75, 3.05) is 11.9 Å². The van der Waals surface area contributed by atoms with Gasteiger partial charge in [0.1, 0.15) is 0 Å². The third kappa shape index (κ3) is 2.01. The Morgan fingerprint density at radius 2 is 2.06 bits per heavy atom. The zero-order chi connectivity index (χ0) is 13.1. The summed E-state index contributed by atoms with van der Waals surface area (Å²) in [6, 6.07) is 7.46. The lowest BCUT2D eigenvalue weighted by Gasteiger charge is -2.11. The second kappa shape index (κ2) is 5.04. The number of carbonyl (C=O) groups excluding carboxylic acids is 1. The zero-order valence-electron chi connectivity index (χ0n) is 10.6. The maximum absolute atomic E-state index is 12.0. The van der Waals surface area contributed by atoms with Crippen molar-refractivity contribution in [1.29, 1.82) is 0 Å². The molecule has 0 radical (unpaired) electrons. The average Bonchev–Trinajstić information content (AvgIpc) is 2.38. The first kappa shape index (κ1) is 12.4. The van der Waals surface area contributed by atoms with E-state index in [1.807, 2.05) is 32.0 Å². The number of nitrogens with zero attached hydrogens (tertiary/aromatic N) is 1. The number of anilines is 1. The minimum absolute atomic E-state index is 0.209. The maximum Gasteiger partial charge on any atom is 0.261 e. The molecule has 1 heterocycles. The van der Waals surface area contributed by atoms with E-state index in [0.29, 0.717) is 12.8 Å². The molecule has 4 heteroatoms. The Labute approximate surface area is 105 Å². The number of aryl methyl sites for hydroxylation is 1. The van der Waals surface area contributed by atoms with Gasteiger partial charge < -0.3 is 9.88 Å². The van der Waals surface area contributed by atoms with Gasteiger partial charge in [0.15, 0.2) is 6.29 Å². The van der Waals surface area contributed by atoms with E-state index in [1.165, 1.54) is 0 Å². The fourth-order valence-corrected chi connectivity index (χ4v) is 2.11. The normalized spacial score (nSPS) is 10.6. The largest absolute Gasteiger partial charge is 0.385 e. The minimum Gasteiger partial charge on any atom is -0.385 e. The first-order valence-corrected chi connectivity index (χ1v) is 6.08. The van der Waals surface area contributed by atoms with Crippen LogP contribution in [0.2, 0.25) is 0 Å². The molecule has 0 atom stereocenters. The lowest BCUT2D eigenvalue weighted by atomic mass is 10.1. The quantitative estimate of drug-likeness (QED) is 0.839. The number of hydrogen-bond donors (Lipinski definition) is 1. The number of benzene rings is 1. The molecule has 0 spiro atoms. The van der Waals surface area contributed by atoms with Crippen LogP contribution in [0.4, 0.5) is 5.69 Å². The van der Waals surface area contributed by atoms with E-state index in [9.17, 15) is 9.59 Å². The highest BCUT2D eigenvalue weighted by Gasteiger charge is 2.07. The van der Waals surface area contributed by atoms with Gasteiger partial charge in [0, 0.05) is 18.8 Å². The zero-order valence-corrected chi connectivity index (χ0v) is 10.6. The van der Waals surface area contributed by atoms with Gasteiger partial charge in [-0.3, -0.25) is 9.59 Å². The molecule has 0 amide bonds.